The lowest BCUT2D eigenvalue weighted by molar-refractivity contribution is 0.109. The molecule has 1 fully saturated rings. The predicted octanol–water partition coefficient (Wildman–Crippen LogP) is 3.04. The van der Waals surface area contributed by atoms with Crippen molar-refractivity contribution in [2.45, 2.75) is 39.7 Å². The average Bonchev–Trinajstić information content (AvgIpc) is 2.49. The number of nitrogens with zero attached hydrogens (tertiary/aromatic N) is 1. The molecule has 0 aliphatic carbocycles. The maximum atomic E-state index is 8.68. The maximum Gasteiger partial charge on any atom is 0.104 e. The van der Waals surface area contributed by atoms with Gasteiger partial charge in [0.1, 0.15) is 6.61 Å². The van der Waals surface area contributed by atoms with Gasteiger partial charge in [0.05, 0.1) is 0 Å². The Balaban J connectivity index is 1.88. The minimum atomic E-state index is -0.0777. The summed E-state index contributed by atoms with van der Waals surface area (Å²) >= 11 is 0. The van der Waals surface area contributed by atoms with Gasteiger partial charge < -0.3 is 5.11 Å². The highest BCUT2D eigenvalue weighted by Gasteiger charge is 2.27. The second kappa shape index (κ2) is 6.92. The smallest absolute Gasteiger partial charge is 0.104 e. The molecule has 2 rings (SSSR count). The Morgan fingerprint density at radius 2 is 1.85 bits per heavy atom. The summed E-state index contributed by atoms with van der Waals surface area (Å²) in [4.78, 5) is 2.55. The lowest BCUT2D eigenvalue weighted by atomic mass is 9.78. The lowest BCUT2D eigenvalue weighted by Gasteiger charge is -2.39. The number of likely N-dealkylation sites (tertiary alicyclic amines) is 1. The summed E-state index contributed by atoms with van der Waals surface area (Å²) < 4.78 is 0. The van der Waals surface area contributed by atoms with Crippen LogP contribution in [0.25, 0.3) is 0 Å². The molecule has 0 unspecified atom stereocenters. The zero-order valence-electron chi connectivity index (χ0n) is 12.7. The molecule has 0 aromatic heterocycles. The molecule has 2 nitrogen and oxygen atoms in total. The maximum absolute atomic E-state index is 8.68. The number of aliphatic hydroxyl groups is 1. The molecule has 2 heteroatoms. The van der Waals surface area contributed by atoms with Gasteiger partial charge in [-0.1, -0.05) is 44.2 Å². The van der Waals surface area contributed by atoms with Crippen molar-refractivity contribution in [3.8, 4) is 11.8 Å². The monoisotopic (exact) mass is 271 g/mol. The summed E-state index contributed by atoms with van der Waals surface area (Å²) in [6, 6.07) is 8.38. The zero-order chi connectivity index (χ0) is 14.4. The van der Waals surface area contributed by atoms with Gasteiger partial charge in [-0.25, -0.2) is 0 Å². The van der Waals surface area contributed by atoms with E-state index in [9.17, 15) is 0 Å². The van der Waals surface area contributed by atoms with Crippen LogP contribution in [0.2, 0.25) is 0 Å². The van der Waals surface area contributed by atoms with Gasteiger partial charge in [0.25, 0.3) is 0 Å². The third-order valence-corrected chi connectivity index (χ3v) is 4.59. The summed E-state index contributed by atoms with van der Waals surface area (Å²) in [6.07, 6.45) is 3.91. The highest BCUT2D eigenvalue weighted by Crippen LogP contribution is 2.34. The largest absolute Gasteiger partial charge is 0.384 e. The number of aliphatic hydroxyl groups excluding tert-OH is 1. The Morgan fingerprint density at radius 3 is 2.40 bits per heavy atom. The number of rotatable bonds is 3. The van der Waals surface area contributed by atoms with Crippen LogP contribution < -0.4 is 0 Å². The van der Waals surface area contributed by atoms with E-state index < -0.39 is 0 Å². The number of hydrogen-bond donors (Lipinski definition) is 1. The summed E-state index contributed by atoms with van der Waals surface area (Å²) in [5.41, 5.74) is 2.87. The van der Waals surface area contributed by atoms with Gasteiger partial charge in [-0.05, 0) is 49.0 Å². The minimum Gasteiger partial charge on any atom is -0.384 e. The average molecular weight is 271 g/mol. The highest BCUT2D eigenvalue weighted by atomic mass is 16.2. The fourth-order valence-electron chi connectivity index (χ4n) is 2.70. The summed E-state index contributed by atoms with van der Waals surface area (Å²) in [5, 5.41) is 8.68. The van der Waals surface area contributed by atoms with E-state index >= 15 is 0 Å². The molecule has 20 heavy (non-hydrogen) atoms. The van der Waals surface area contributed by atoms with Gasteiger partial charge in [0.2, 0.25) is 0 Å². The van der Waals surface area contributed by atoms with Crippen molar-refractivity contribution in [2.75, 3.05) is 19.7 Å². The van der Waals surface area contributed by atoms with Crippen molar-refractivity contribution in [1.29, 1.82) is 0 Å². The van der Waals surface area contributed by atoms with E-state index in [0.717, 1.165) is 12.1 Å². The normalized spacial score (nSPS) is 18.4. The van der Waals surface area contributed by atoms with Crippen LogP contribution in [0.5, 0.6) is 0 Å². The molecule has 1 aromatic rings. The van der Waals surface area contributed by atoms with Crippen LogP contribution in [-0.4, -0.2) is 29.7 Å². The first-order chi connectivity index (χ1) is 9.65. The van der Waals surface area contributed by atoms with Crippen LogP contribution in [-0.2, 0) is 6.54 Å². The van der Waals surface area contributed by atoms with Crippen molar-refractivity contribution >= 4 is 0 Å². The molecule has 1 N–H and O–H groups in total. The van der Waals surface area contributed by atoms with Gasteiger partial charge in [-0.3, -0.25) is 4.90 Å². The third-order valence-electron chi connectivity index (χ3n) is 4.59. The molecule has 0 atom stereocenters. The van der Waals surface area contributed by atoms with E-state index in [1.165, 1.54) is 37.9 Å². The van der Waals surface area contributed by atoms with E-state index in [0.29, 0.717) is 5.41 Å². The van der Waals surface area contributed by atoms with Crippen LogP contribution in [0, 0.1) is 17.3 Å². The molecular formula is C18H25NO. The van der Waals surface area contributed by atoms with E-state index in [-0.39, 0.29) is 6.61 Å². The van der Waals surface area contributed by atoms with Crippen LogP contribution in [0.3, 0.4) is 0 Å². The predicted molar refractivity (Wildman–Crippen MR) is 83.3 cm³/mol. The molecule has 1 saturated heterocycles. The van der Waals surface area contributed by atoms with Gasteiger partial charge in [0.15, 0.2) is 0 Å². The Hall–Kier alpha value is -1.30. The first-order valence-electron chi connectivity index (χ1n) is 7.56. The Morgan fingerprint density at radius 1 is 1.20 bits per heavy atom. The van der Waals surface area contributed by atoms with Crippen molar-refractivity contribution in [3.63, 3.8) is 0 Å². The molecule has 0 radical (unpaired) electrons. The van der Waals surface area contributed by atoms with Crippen molar-refractivity contribution in [1.82, 2.24) is 4.90 Å². The van der Waals surface area contributed by atoms with Gasteiger partial charge >= 0.3 is 0 Å². The van der Waals surface area contributed by atoms with Crippen molar-refractivity contribution in [3.05, 3.63) is 35.4 Å². The lowest BCUT2D eigenvalue weighted by Crippen LogP contribution is -2.37. The van der Waals surface area contributed by atoms with Crippen LogP contribution in [0.15, 0.2) is 24.3 Å². The summed E-state index contributed by atoms with van der Waals surface area (Å²) in [6.45, 7) is 8.09. The molecule has 0 saturated carbocycles. The number of piperidine rings is 1. The fraction of sp³-hybridized carbons (Fsp3) is 0.556. The molecule has 108 valence electrons. The van der Waals surface area contributed by atoms with E-state index in [1.54, 1.807) is 0 Å². The quantitative estimate of drug-likeness (QED) is 0.854. The summed E-state index contributed by atoms with van der Waals surface area (Å²) in [5.74, 6) is 5.61. The SMILES string of the molecule is CCC1(C)CCN(Cc2ccc(C#CCO)cc2)CC1. The Bertz CT molecular complexity index is 472. The van der Waals surface area contributed by atoms with Crippen molar-refractivity contribution < 1.29 is 5.11 Å². The minimum absolute atomic E-state index is 0.0777. The third kappa shape index (κ3) is 4.10. The second-order valence-corrected chi connectivity index (χ2v) is 6.10. The van der Waals surface area contributed by atoms with Crippen LogP contribution in [0.4, 0.5) is 0 Å². The summed E-state index contributed by atoms with van der Waals surface area (Å²) in [7, 11) is 0. The number of benzene rings is 1. The molecule has 0 spiro atoms. The molecule has 1 heterocycles. The van der Waals surface area contributed by atoms with Crippen LogP contribution in [0.1, 0.15) is 44.2 Å². The standard InChI is InChI=1S/C18H25NO/c1-3-18(2)10-12-19(13-11-18)15-17-8-6-16(7-9-17)5-4-14-20/h6-9,20H,3,10-15H2,1-2H3. The molecule has 1 aromatic carbocycles. The Kier molecular flexibility index (Phi) is 5.23. The second-order valence-electron chi connectivity index (χ2n) is 6.10. The number of hydrogen-bond acceptors (Lipinski definition) is 2. The Labute approximate surface area is 122 Å². The fourth-order valence-corrected chi connectivity index (χ4v) is 2.70. The van der Waals surface area contributed by atoms with Gasteiger partial charge in [-0.2, -0.15) is 0 Å². The first-order valence-corrected chi connectivity index (χ1v) is 7.56. The highest BCUT2D eigenvalue weighted by molar-refractivity contribution is 5.36. The van der Waals surface area contributed by atoms with Gasteiger partial charge in [0, 0.05) is 12.1 Å². The van der Waals surface area contributed by atoms with E-state index in [4.69, 9.17) is 5.11 Å². The van der Waals surface area contributed by atoms with Crippen molar-refractivity contribution in [2.24, 2.45) is 5.41 Å². The molecule has 0 amide bonds. The molecule has 1 aliphatic rings. The molecule has 0 bridgehead atoms. The van der Waals surface area contributed by atoms with Gasteiger partial charge in [-0.15, -0.1) is 0 Å². The van der Waals surface area contributed by atoms with E-state index in [1.807, 2.05) is 12.1 Å². The molecule has 1 aliphatic heterocycles. The van der Waals surface area contributed by atoms with E-state index in [2.05, 4.69) is 42.7 Å². The molecular weight excluding hydrogens is 246 g/mol. The van der Waals surface area contributed by atoms with Crippen LogP contribution >= 0.6 is 0 Å². The zero-order valence-corrected chi connectivity index (χ0v) is 12.7. The first kappa shape index (κ1) is 15.1. The topological polar surface area (TPSA) is 23.5 Å².